The number of carbonyl (C=O) groups is 5. The number of halogens is 2. The molecule has 8 nitrogen and oxygen atoms in total. The number of allylic oxidation sites excluding steroid dienone is 2. The molecule has 0 unspecified atom stereocenters. The van der Waals surface area contributed by atoms with Crippen LogP contribution in [-0.2, 0) is 9.59 Å². The van der Waals surface area contributed by atoms with Crippen molar-refractivity contribution in [2.45, 2.75) is 12.8 Å². The number of nitrogens with zero attached hydrogens (tertiary/aromatic N) is 2. The molecule has 1 aliphatic carbocycles. The van der Waals surface area contributed by atoms with Crippen molar-refractivity contribution >= 4 is 64.0 Å². The van der Waals surface area contributed by atoms with Crippen molar-refractivity contribution in [3.05, 3.63) is 98.2 Å². The zero-order valence-corrected chi connectivity index (χ0v) is 22.5. The fourth-order valence-electron chi connectivity index (χ4n) is 4.52. The lowest BCUT2D eigenvalue weighted by Gasteiger charge is -2.30. The molecule has 1 saturated heterocycles. The lowest BCUT2D eigenvalue weighted by atomic mass is 9.85. The maximum atomic E-state index is 13.6. The Labute approximate surface area is 237 Å². The number of hydrogen-bond acceptors (Lipinski definition) is 7. The van der Waals surface area contributed by atoms with E-state index in [4.69, 9.17) is 27.9 Å². The van der Waals surface area contributed by atoms with Crippen molar-refractivity contribution < 1.29 is 28.7 Å². The van der Waals surface area contributed by atoms with Gasteiger partial charge in [0, 0.05) is 11.1 Å². The second-order valence-electron chi connectivity index (χ2n) is 8.95. The molecule has 1 fully saturated rings. The van der Waals surface area contributed by atoms with Crippen LogP contribution in [0.25, 0.3) is 0 Å². The summed E-state index contributed by atoms with van der Waals surface area (Å²) in [6, 6.07) is 13.3. The summed E-state index contributed by atoms with van der Waals surface area (Å²) in [6.07, 6.45) is 4.41. The predicted octanol–water partition coefficient (Wildman–Crippen LogP) is 5.47. The van der Waals surface area contributed by atoms with E-state index in [0.717, 1.165) is 10.0 Å². The molecule has 0 bridgehead atoms. The molecule has 5 rings (SSSR count). The fraction of sp³-hybridized carbons (Fsp3) is 0.179. The molecule has 39 heavy (non-hydrogen) atoms. The van der Waals surface area contributed by atoms with Gasteiger partial charge < -0.3 is 4.74 Å². The van der Waals surface area contributed by atoms with Gasteiger partial charge in [0.1, 0.15) is 17.2 Å². The van der Waals surface area contributed by atoms with Crippen molar-refractivity contribution in [1.29, 1.82) is 0 Å². The summed E-state index contributed by atoms with van der Waals surface area (Å²) in [5, 5.41) is 3.75. The van der Waals surface area contributed by atoms with Gasteiger partial charge in [-0.3, -0.25) is 19.2 Å². The summed E-state index contributed by atoms with van der Waals surface area (Å²) in [6.45, 7) is -0.586. The minimum atomic E-state index is -0.753. The smallest absolute Gasteiger partial charge is 0.353 e. The number of rotatable bonds is 7. The number of hydrazine groups is 1. The third-order valence-corrected chi connectivity index (χ3v) is 8.12. The maximum Gasteiger partial charge on any atom is 0.353 e. The van der Waals surface area contributed by atoms with Gasteiger partial charge in [0.25, 0.3) is 17.7 Å². The summed E-state index contributed by atoms with van der Waals surface area (Å²) < 4.78 is 5.32. The average Bonchev–Trinajstić information content (AvgIpc) is 3.57. The van der Waals surface area contributed by atoms with Crippen LogP contribution in [0.3, 0.4) is 0 Å². The fourth-order valence-corrected chi connectivity index (χ4v) is 5.42. The minimum absolute atomic E-state index is 0.0571. The Balaban J connectivity index is 1.40. The van der Waals surface area contributed by atoms with Gasteiger partial charge in [-0.15, -0.1) is 11.3 Å². The number of ether oxygens (including phenoxy) is 1. The molecule has 3 aromatic rings. The first-order valence-electron chi connectivity index (χ1n) is 11.9. The van der Waals surface area contributed by atoms with Crippen molar-refractivity contribution in [3.63, 3.8) is 0 Å². The Bertz CT molecular complexity index is 1480. The Kier molecular flexibility index (Phi) is 7.65. The largest absolute Gasteiger partial charge is 0.422 e. The second-order valence-corrected chi connectivity index (χ2v) is 10.7. The monoisotopic (exact) mass is 582 g/mol. The van der Waals surface area contributed by atoms with E-state index in [0.29, 0.717) is 17.7 Å². The molecule has 0 N–H and O–H groups in total. The lowest BCUT2D eigenvalue weighted by Crippen LogP contribution is -2.52. The first kappa shape index (κ1) is 26.8. The molecule has 0 radical (unpaired) electrons. The van der Waals surface area contributed by atoms with Gasteiger partial charge in [-0.05, 0) is 66.8 Å². The number of amides is 3. The zero-order valence-electron chi connectivity index (χ0n) is 20.2. The molecule has 2 heterocycles. The third-order valence-electron chi connectivity index (χ3n) is 6.53. The normalized spacial score (nSPS) is 18.2. The number of hydrogen-bond donors (Lipinski definition) is 0. The highest BCUT2D eigenvalue weighted by Gasteiger charge is 2.51. The average molecular weight is 583 g/mol. The molecular weight excluding hydrogens is 563 g/mol. The van der Waals surface area contributed by atoms with Crippen molar-refractivity contribution in [2.24, 2.45) is 11.8 Å². The summed E-state index contributed by atoms with van der Waals surface area (Å²) in [5.74, 6) is -3.85. The number of ketones is 1. The van der Waals surface area contributed by atoms with Crippen LogP contribution in [-0.4, -0.2) is 46.0 Å². The van der Waals surface area contributed by atoms with E-state index < -0.39 is 47.9 Å². The van der Waals surface area contributed by atoms with Gasteiger partial charge in [-0.1, -0.05) is 41.4 Å². The summed E-state index contributed by atoms with van der Waals surface area (Å²) in [5.41, 5.74) is 0.248. The molecule has 11 heteroatoms. The van der Waals surface area contributed by atoms with Gasteiger partial charge in [-0.25, -0.2) is 9.80 Å². The number of benzene rings is 2. The van der Waals surface area contributed by atoms with E-state index in [2.05, 4.69) is 0 Å². The highest BCUT2D eigenvalue weighted by atomic mass is 35.5. The van der Waals surface area contributed by atoms with E-state index >= 15 is 0 Å². The first-order valence-corrected chi connectivity index (χ1v) is 13.6. The number of carbonyl (C=O) groups excluding carboxylic acids is 5. The Morgan fingerprint density at radius 3 is 2.13 bits per heavy atom. The first-order chi connectivity index (χ1) is 18.7. The van der Waals surface area contributed by atoms with Crippen LogP contribution in [0.4, 0.5) is 0 Å². The Hall–Kier alpha value is -3.79. The van der Waals surface area contributed by atoms with Crippen LogP contribution in [0.15, 0.2) is 72.1 Å². The van der Waals surface area contributed by atoms with Crippen LogP contribution >= 0.6 is 34.5 Å². The maximum absolute atomic E-state index is 13.6. The standard InChI is InChI=1S/C28H20Cl2N2O6S/c29-21-12-9-17(14-22(21)30)25(34)31(32-26(35)19-4-1-2-5-20(19)27(32)36)15-23(33)16-7-10-18(11-8-16)38-28(37)24-6-3-13-39-24/h1-3,6-14,19-20H,4-5,15H2/t19-,20+. The predicted molar refractivity (Wildman–Crippen MR) is 145 cm³/mol. The summed E-state index contributed by atoms with van der Waals surface area (Å²) >= 11 is 13.3. The number of imide groups is 1. The molecule has 1 aromatic heterocycles. The summed E-state index contributed by atoms with van der Waals surface area (Å²) in [7, 11) is 0. The van der Waals surface area contributed by atoms with E-state index in [9.17, 15) is 24.0 Å². The van der Waals surface area contributed by atoms with Crippen LogP contribution in [0, 0.1) is 11.8 Å². The number of thiophene rings is 1. The second kappa shape index (κ2) is 11.1. The lowest BCUT2D eigenvalue weighted by molar-refractivity contribution is -0.154. The third kappa shape index (κ3) is 5.38. The van der Waals surface area contributed by atoms with Crippen LogP contribution in [0.5, 0.6) is 5.75 Å². The molecule has 0 spiro atoms. The van der Waals surface area contributed by atoms with Crippen LogP contribution < -0.4 is 4.74 Å². The molecular formula is C28H20Cl2N2O6S. The molecule has 2 aliphatic rings. The Morgan fingerprint density at radius 2 is 1.54 bits per heavy atom. The van der Waals surface area contributed by atoms with E-state index in [1.807, 2.05) is 12.2 Å². The highest BCUT2D eigenvalue weighted by molar-refractivity contribution is 7.12. The molecule has 198 valence electrons. The molecule has 0 saturated carbocycles. The van der Waals surface area contributed by atoms with E-state index in [-0.39, 0.29) is 26.9 Å². The van der Waals surface area contributed by atoms with Crippen molar-refractivity contribution in [2.75, 3.05) is 6.54 Å². The van der Waals surface area contributed by atoms with Gasteiger partial charge in [0.15, 0.2) is 5.78 Å². The minimum Gasteiger partial charge on any atom is -0.422 e. The quantitative estimate of drug-likeness (QED) is 0.120. The Morgan fingerprint density at radius 1 is 0.897 bits per heavy atom. The van der Waals surface area contributed by atoms with Crippen molar-refractivity contribution in [1.82, 2.24) is 10.0 Å². The van der Waals surface area contributed by atoms with Crippen LogP contribution in [0.2, 0.25) is 10.0 Å². The van der Waals surface area contributed by atoms with Gasteiger partial charge in [0.2, 0.25) is 0 Å². The SMILES string of the molecule is O=C(CN(C(=O)c1ccc(Cl)c(Cl)c1)N1C(=O)[C@H]2CC=CC[C@H]2C1=O)c1ccc(OC(=O)c2cccs2)cc1. The molecule has 1 aliphatic heterocycles. The topological polar surface area (TPSA) is 101 Å². The number of fused-ring (bicyclic) bond motifs is 1. The van der Waals surface area contributed by atoms with Crippen LogP contribution in [0.1, 0.15) is 43.2 Å². The zero-order chi connectivity index (χ0) is 27.7. The van der Waals surface area contributed by atoms with Gasteiger partial charge >= 0.3 is 5.97 Å². The molecule has 2 atom stereocenters. The highest BCUT2D eigenvalue weighted by Crippen LogP contribution is 2.36. The van der Waals surface area contributed by atoms with Crippen molar-refractivity contribution in [3.8, 4) is 5.75 Å². The number of Topliss-reactive ketones (excluding diaryl/α,β-unsaturated/α-hetero) is 1. The molecule has 2 aromatic carbocycles. The van der Waals surface area contributed by atoms with Gasteiger partial charge in [0.05, 0.1) is 21.9 Å². The number of esters is 1. The molecule has 3 amide bonds. The van der Waals surface area contributed by atoms with Gasteiger partial charge in [-0.2, -0.15) is 5.01 Å². The van der Waals surface area contributed by atoms with E-state index in [1.54, 1.807) is 17.5 Å². The summed E-state index contributed by atoms with van der Waals surface area (Å²) in [4.78, 5) is 66.1. The van der Waals surface area contributed by atoms with E-state index in [1.165, 1.54) is 53.8 Å².